The Balaban J connectivity index is -0.00000144. The Hall–Kier alpha value is 0.150. The summed E-state index contributed by atoms with van der Waals surface area (Å²) in [5.74, 6) is -3.15. The number of allylic oxidation sites excluding steroid dienone is 2. The van der Waals surface area contributed by atoms with E-state index in [1.54, 1.807) is 0 Å². The second-order valence-electron chi connectivity index (χ2n) is 3.75. The first-order valence-electron chi connectivity index (χ1n) is 5.74. The van der Waals surface area contributed by atoms with Gasteiger partial charge in [0.15, 0.2) is 0 Å². The van der Waals surface area contributed by atoms with Crippen molar-refractivity contribution in [1.29, 1.82) is 0 Å². The number of aliphatic carboxylic acids is 2. The molecule has 6 nitrogen and oxygen atoms in total. The summed E-state index contributed by atoms with van der Waals surface area (Å²) in [5.41, 5.74) is 0. The van der Waals surface area contributed by atoms with Crippen molar-refractivity contribution in [3.8, 4) is 0 Å². The molecule has 8 heteroatoms. The Kier molecular flexibility index (Phi) is 19.5. The van der Waals surface area contributed by atoms with E-state index in [0.717, 1.165) is 6.42 Å². The van der Waals surface area contributed by atoms with Gasteiger partial charge in [-0.25, -0.2) is 4.79 Å². The van der Waals surface area contributed by atoms with Gasteiger partial charge in [0, 0.05) is 5.97 Å². The molecule has 0 saturated heterocycles. The molecule has 0 aromatic rings. The maximum Gasteiger partial charge on any atom is 1.00 e. The number of aliphatic imine (C=N–C) groups is 1. The Morgan fingerprint density at radius 2 is 1.85 bits per heavy atom. The van der Waals surface area contributed by atoms with Crippen LogP contribution in [0.5, 0.6) is 0 Å². The van der Waals surface area contributed by atoms with Crippen molar-refractivity contribution in [1.82, 2.24) is 0 Å². The molecule has 0 fully saturated rings. The number of hydrogen-bond acceptors (Lipinski definition) is 5. The Labute approximate surface area is 162 Å². The zero-order valence-corrected chi connectivity index (χ0v) is 16.3. The van der Waals surface area contributed by atoms with Gasteiger partial charge < -0.3 is 20.1 Å². The summed E-state index contributed by atoms with van der Waals surface area (Å²) < 4.78 is 0. The van der Waals surface area contributed by atoms with Gasteiger partial charge in [-0.2, -0.15) is 0 Å². The van der Waals surface area contributed by atoms with Crippen LogP contribution in [0.4, 0.5) is 0 Å². The van der Waals surface area contributed by atoms with Crippen molar-refractivity contribution in [3.05, 3.63) is 12.2 Å². The second-order valence-corrected chi connectivity index (χ2v) is 3.75. The maximum atomic E-state index is 11.3. The second kappa shape index (κ2) is 15.5. The quantitative estimate of drug-likeness (QED) is 0.150. The van der Waals surface area contributed by atoms with Crippen molar-refractivity contribution >= 4 is 17.8 Å². The Morgan fingerprint density at radius 1 is 1.25 bits per heavy atom. The van der Waals surface area contributed by atoms with Crippen LogP contribution in [0.15, 0.2) is 17.1 Å². The third kappa shape index (κ3) is 14.6. The van der Waals surface area contributed by atoms with E-state index in [-0.39, 0.29) is 72.0 Å². The molecule has 20 heavy (non-hydrogen) atoms. The molecule has 102 valence electrons. The van der Waals surface area contributed by atoms with Crippen LogP contribution in [0.1, 0.15) is 39.0 Å². The first-order chi connectivity index (χ1) is 8.47. The molecule has 0 heterocycles. The summed E-state index contributed by atoms with van der Waals surface area (Å²) in [6, 6.07) is -1.29. The molecule has 0 bridgehead atoms. The molecular formula is C12H17NNa2O5. The Bertz CT molecular complexity index is 345. The van der Waals surface area contributed by atoms with Gasteiger partial charge in [-0.3, -0.25) is 4.99 Å². The summed E-state index contributed by atoms with van der Waals surface area (Å²) in [4.78, 5) is 24.5. The number of carbonyl (C=O) groups is 2. The topological polar surface area (TPSA) is 113 Å². The number of carboxylic acid groups (broad SMARTS) is 2. The van der Waals surface area contributed by atoms with Crippen molar-refractivity contribution in [2.45, 2.75) is 45.1 Å². The first kappa shape index (κ1) is 25.1. The van der Waals surface area contributed by atoms with Gasteiger partial charge in [-0.05, 0) is 44.9 Å². The summed E-state index contributed by atoms with van der Waals surface area (Å²) in [6.07, 6.45) is 4.61. The van der Waals surface area contributed by atoms with Crippen molar-refractivity contribution in [2.75, 3.05) is 0 Å². The van der Waals surface area contributed by atoms with Gasteiger partial charge >= 0.3 is 65.1 Å². The number of unbranched alkanes of at least 4 members (excludes halogenated alkanes) is 1. The minimum Gasteiger partial charge on any atom is -0.862 e. The molecule has 0 saturated carbocycles. The average Bonchev–Trinajstić information content (AvgIpc) is 2.29. The predicted molar refractivity (Wildman–Crippen MR) is 61.8 cm³/mol. The van der Waals surface area contributed by atoms with Crippen LogP contribution in [0.3, 0.4) is 0 Å². The predicted octanol–water partition coefficient (Wildman–Crippen LogP) is -6.52. The van der Waals surface area contributed by atoms with E-state index in [0.29, 0.717) is 6.42 Å². The molecule has 0 aliphatic carbocycles. The van der Waals surface area contributed by atoms with E-state index in [1.165, 1.54) is 0 Å². The molecule has 1 atom stereocenters. The molecule has 0 unspecified atom stereocenters. The largest absolute Gasteiger partial charge is 1.00 e. The number of rotatable bonds is 9. The van der Waals surface area contributed by atoms with Gasteiger partial charge in [0.25, 0.3) is 0 Å². The van der Waals surface area contributed by atoms with Gasteiger partial charge in [-0.15, -0.1) is 0 Å². The van der Waals surface area contributed by atoms with Crippen LogP contribution >= 0.6 is 0 Å². The molecular weight excluding hydrogens is 284 g/mol. The molecule has 0 amide bonds. The zero-order valence-electron chi connectivity index (χ0n) is 12.3. The minimum absolute atomic E-state index is 0. The SMILES string of the molecule is C/C=C/CCCC([O-])=N[C@@H](CCC(=O)[O-])C(=O)O.[Na+].[Na+]. The molecule has 0 aromatic carbocycles. The van der Waals surface area contributed by atoms with E-state index in [4.69, 9.17) is 5.11 Å². The third-order valence-electron chi connectivity index (χ3n) is 2.20. The van der Waals surface area contributed by atoms with E-state index >= 15 is 0 Å². The van der Waals surface area contributed by atoms with Crippen LogP contribution in [0.25, 0.3) is 0 Å². The molecule has 0 aromatic heterocycles. The van der Waals surface area contributed by atoms with Gasteiger partial charge in [0.1, 0.15) is 6.04 Å². The van der Waals surface area contributed by atoms with Gasteiger partial charge in [0.05, 0.1) is 0 Å². The van der Waals surface area contributed by atoms with E-state index < -0.39 is 30.3 Å². The van der Waals surface area contributed by atoms with E-state index in [2.05, 4.69) is 4.99 Å². The fourth-order valence-electron chi connectivity index (χ4n) is 1.27. The fraction of sp³-hybridized carbons (Fsp3) is 0.583. The van der Waals surface area contributed by atoms with Crippen molar-refractivity contribution in [2.24, 2.45) is 4.99 Å². The summed E-state index contributed by atoms with van der Waals surface area (Å²) in [6.45, 7) is 1.87. The summed E-state index contributed by atoms with van der Waals surface area (Å²) in [7, 11) is 0. The van der Waals surface area contributed by atoms with Crippen LogP contribution < -0.4 is 69.3 Å². The third-order valence-corrected chi connectivity index (χ3v) is 2.20. The van der Waals surface area contributed by atoms with E-state index in [9.17, 15) is 19.8 Å². The number of carboxylic acids is 2. The maximum absolute atomic E-state index is 11.3. The van der Waals surface area contributed by atoms with Gasteiger partial charge in [0.2, 0.25) is 0 Å². The molecule has 1 N–H and O–H groups in total. The number of carbonyl (C=O) groups excluding carboxylic acids is 1. The fourth-order valence-corrected chi connectivity index (χ4v) is 1.27. The molecule has 0 aliphatic heterocycles. The average molecular weight is 301 g/mol. The van der Waals surface area contributed by atoms with Crippen molar-refractivity contribution < 1.29 is 84.0 Å². The summed E-state index contributed by atoms with van der Waals surface area (Å²) >= 11 is 0. The van der Waals surface area contributed by atoms with Crippen LogP contribution in [0.2, 0.25) is 0 Å². The van der Waals surface area contributed by atoms with Crippen LogP contribution in [-0.2, 0) is 9.59 Å². The summed E-state index contributed by atoms with van der Waals surface area (Å²) in [5, 5.41) is 30.3. The van der Waals surface area contributed by atoms with E-state index in [1.807, 2.05) is 19.1 Å². The zero-order chi connectivity index (χ0) is 14.0. The normalized spacial score (nSPS) is 12.3. The first-order valence-corrected chi connectivity index (χ1v) is 5.74. The van der Waals surface area contributed by atoms with Crippen LogP contribution in [-0.4, -0.2) is 29.0 Å². The monoisotopic (exact) mass is 301 g/mol. The van der Waals surface area contributed by atoms with Crippen molar-refractivity contribution in [3.63, 3.8) is 0 Å². The molecule has 0 aliphatic rings. The standard InChI is InChI=1S/C12H19NO5.2Na/c1-2-3-4-5-6-10(14)13-9(12(17)18)7-8-11(15)16;;/h2-3,9H,4-8H2,1H3,(H,13,14)(H,15,16)(H,17,18);;/q;2*+1/p-2/b3-2+;;/t9-;;/m0../s1. The molecule has 0 rings (SSSR count). The smallest absolute Gasteiger partial charge is 0.862 e. The number of hydrogen-bond donors (Lipinski definition) is 1. The molecule has 0 spiro atoms. The van der Waals surface area contributed by atoms with Crippen LogP contribution in [0, 0.1) is 0 Å². The van der Waals surface area contributed by atoms with Gasteiger partial charge in [-0.1, -0.05) is 12.2 Å². The Morgan fingerprint density at radius 3 is 2.30 bits per heavy atom. The molecule has 0 radical (unpaired) electrons. The minimum atomic E-state index is -1.35. The number of nitrogens with zero attached hydrogens (tertiary/aromatic N) is 1.